The summed E-state index contributed by atoms with van der Waals surface area (Å²) in [5.41, 5.74) is -0.0239. The van der Waals surface area contributed by atoms with Crippen molar-refractivity contribution in [2.45, 2.75) is 24.9 Å². The molecule has 4 aliphatic carbocycles. The molecule has 2 aromatic rings. The highest BCUT2D eigenvalue weighted by molar-refractivity contribution is 7.91. The van der Waals surface area contributed by atoms with Gasteiger partial charge in [0.25, 0.3) is 0 Å². The molecule has 1 aromatic carbocycles. The lowest BCUT2D eigenvalue weighted by Gasteiger charge is -2.47. The Morgan fingerprint density at radius 1 is 0.821 bits per heavy atom. The minimum absolute atomic E-state index is 0.0102. The van der Waals surface area contributed by atoms with Crippen LogP contribution in [0.1, 0.15) is 24.9 Å². The van der Waals surface area contributed by atoms with Crippen LogP contribution in [0, 0.1) is 34.5 Å². The fourth-order valence-corrected chi connectivity index (χ4v) is 10.5. The Balaban J connectivity index is 1.42. The van der Waals surface area contributed by atoms with Gasteiger partial charge in [-0.3, -0.25) is 0 Å². The standard InChI is InChI=1S/C20H19N3O4S/c24-17-21(10-4-2-1-3-5-10)18(25)23-16-13-11-12(13)15(22(17)23)19-6-8-28(26,27)9-7-20(16,19)14(11)19/h1-5,11-16H,6-9H2/t11?,12-,13-,14?,15-,16-,19-,20+/m0/s1. The molecular weight excluding hydrogens is 378 g/mol. The topological polar surface area (TPSA) is 83.1 Å². The Morgan fingerprint density at radius 2 is 1.36 bits per heavy atom. The van der Waals surface area contributed by atoms with Gasteiger partial charge in [-0.2, -0.15) is 0 Å². The molecule has 7 aliphatic rings. The van der Waals surface area contributed by atoms with E-state index >= 15 is 0 Å². The van der Waals surface area contributed by atoms with Gasteiger partial charge in [-0.25, -0.2) is 31.9 Å². The van der Waals surface area contributed by atoms with Crippen LogP contribution in [-0.2, 0) is 9.84 Å². The van der Waals surface area contributed by atoms with E-state index in [1.165, 1.54) is 4.57 Å². The van der Waals surface area contributed by atoms with Crippen LogP contribution in [0.3, 0.4) is 0 Å². The highest BCUT2D eigenvalue weighted by Gasteiger charge is 3.02. The average molecular weight is 397 g/mol. The van der Waals surface area contributed by atoms with Crippen LogP contribution in [0.2, 0.25) is 0 Å². The first-order valence-electron chi connectivity index (χ1n) is 10.2. The van der Waals surface area contributed by atoms with Crippen molar-refractivity contribution in [1.29, 1.82) is 0 Å². The van der Waals surface area contributed by atoms with E-state index in [2.05, 4.69) is 0 Å². The van der Waals surface area contributed by atoms with Crippen molar-refractivity contribution in [3.05, 3.63) is 51.3 Å². The van der Waals surface area contributed by atoms with E-state index in [0.717, 1.165) is 0 Å². The van der Waals surface area contributed by atoms with Crippen LogP contribution in [0.25, 0.3) is 5.69 Å². The smallest absolute Gasteiger partial charge is 0.245 e. The molecule has 0 N–H and O–H groups in total. The average Bonchev–Trinajstić information content (AvgIpc) is 3.45. The highest BCUT2D eigenvalue weighted by Crippen LogP contribution is 3.04. The first-order chi connectivity index (χ1) is 13.5. The molecular formula is C20H19N3O4S. The van der Waals surface area contributed by atoms with Crippen LogP contribution < -0.4 is 11.4 Å². The Kier molecular flexibility index (Phi) is 2.03. The fraction of sp³-hybridized carbons (Fsp3) is 0.600. The molecule has 5 fully saturated rings. The third-order valence-corrected chi connectivity index (χ3v) is 11.1. The van der Waals surface area contributed by atoms with Gasteiger partial charge in [-0.15, -0.1) is 0 Å². The molecule has 144 valence electrons. The second-order valence-electron chi connectivity index (χ2n) is 9.76. The van der Waals surface area contributed by atoms with Crippen molar-refractivity contribution in [2.75, 3.05) is 11.5 Å². The quantitative estimate of drug-likeness (QED) is 0.706. The minimum atomic E-state index is -3.03. The molecule has 9 rings (SSSR count). The van der Waals surface area contributed by atoms with E-state index in [1.807, 2.05) is 18.2 Å². The molecule has 4 saturated carbocycles. The van der Waals surface area contributed by atoms with Crippen LogP contribution in [0.5, 0.6) is 0 Å². The van der Waals surface area contributed by atoms with Crippen LogP contribution in [-0.4, -0.2) is 33.9 Å². The van der Waals surface area contributed by atoms with E-state index in [9.17, 15) is 18.0 Å². The van der Waals surface area contributed by atoms with Crippen molar-refractivity contribution in [3.63, 3.8) is 0 Å². The Morgan fingerprint density at radius 3 is 1.89 bits per heavy atom. The summed E-state index contributed by atoms with van der Waals surface area (Å²) < 4.78 is 29.6. The maximum atomic E-state index is 13.4. The van der Waals surface area contributed by atoms with Gasteiger partial charge in [0.05, 0.1) is 29.3 Å². The molecule has 2 bridgehead atoms. The van der Waals surface area contributed by atoms with Gasteiger partial charge in [0.1, 0.15) is 9.84 Å². The van der Waals surface area contributed by atoms with Gasteiger partial charge in [0.15, 0.2) is 0 Å². The number of benzene rings is 1. The summed E-state index contributed by atoms with van der Waals surface area (Å²) in [6.07, 6.45) is 1.33. The molecule has 8 heteroatoms. The number of rotatable bonds is 1. The minimum Gasteiger partial charge on any atom is -0.245 e. The van der Waals surface area contributed by atoms with Gasteiger partial charge in [-0.1, -0.05) is 18.2 Å². The van der Waals surface area contributed by atoms with Crippen molar-refractivity contribution in [1.82, 2.24) is 13.9 Å². The van der Waals surface area contributed by atoms with Crippen LogP contribution in [0.15, 0.2) is 39.9 Å². The van der Waals surface area contributed by atoms with Crippen molar-refractivity contribution in [3.8, 4) is 5.69 Å². The molecule has 8 atom stereocenters. The Hall–Kier alpha value is -2.09. The zero-order valence-electron chi connectivity index (χ0n) is 15.1. The van der Waals surface area contributed by atoms with Crippen molar-refractivity contribution < 1.29 is 8.42 Å². The number of hydrogen-bond acceptors (Lipinski definition) is 4. The fourth-order valence-electron chi connectivity index (χ4n) is 9.01. The first-order valence-corrected chi connectivity index (χ1v) is 12.0. The molecule has 3 aliphatic heterocycles. The largest absolute Gasteiger partial charge is 0.352 e. The summed E-state index contributed by atoms with van der Waals surface area (Å²) >= 11 is 0. The monoisotopic (exact) mass is 397 g/mol. The molecule has 4 heterocycles. The van der Waals surface area contributed by atoms with Gasteiger partial charge in [0, 0.05) is 10.8 Å². The molecule has 2 unspecified atom stereocenters. The summed E-state index contributed by atoms with van der Waals surface area (Å²) in [4.78, 5) is 26.9. The van der Waals surface area contributed by atoms with Crippen LogP contribution in [0.4, 0.5) is 0 Å². The van der Waals surface area contributed by atoms with E-state index in [-0.39, 0.29) is 45.8 Å². The Labute approximate surface area is 160 Å². The normalized spacial score (nSPS) is 49.3. The summed E-state index contributed by atoms with van der Waals surface area (Å²) in [7, 11) is -3.03. The summed E-state index contributed by atoms with van der Waals surface area (Å²) in [6.45, 7) is 0. The van der Waals surface area contributed by atoms with Gasteiger partial charge < -0.3 is 0 Å². The maximum absolute atomic E-state index is 13.4. The molecule has 0 amide bonds. The number of para-hydroxylation sites is 1. The summed E-state index contributed by atoms with van der Waals surface area (Å²) in [6, 6.07) is 9.16. The SMILES string of the molecule is O=c1n(-c2ccccc2)c(=O)n2n1[C@H]1[C@H]3C4C5[C@@]16CCS(=O)(=O)CC[C@]56[C@@H]2[C@@H]43. The second kappa shape index (κ2) is 3.84. The molecule has 1 aromatic heterocycles. The van der Waals surface area contributed by atoms with E-state index < -0.39 is 9.84 Å². The number of aromatic nitrogens is 3. The lowest BCUT2D eigenvalue weighted by molar-refractivity contribution is -0.00192. The van der Waals surface area contributed by atoms with Crippen molar-refractivity contribution >= 4 is 9.84 Å². The van der Waals surface area contributed by atoms with Gasteiger partial charge in [-0.05, 0) is 48.6 Å². The molecule has 28 heavy (non-hydrogen) atoms. The summed E-state index contributed by atoms with van der Waals surface area (Å²) in [5, 5.41) is 0. The first kappa shape index (κ1) is 14.8. The third-order valence-electron chi connectivity index (χ3n) is 9.46. The second-order valence-corrected chi connectivity index (χ2v) is 12.1. The predicted molar refractivity (Wildman–Crippen MR) is 99.1 cm³/mol. The molecule has 2 spiro atoms. The zero-order valence-corrected chi connectivity index (χ0v) is 15.9. The summed E-state index contributed by atoms with van der Waals surface area (Å²) in [5.74, 6) is 2.54. The van der Waals surface area contributed by atoms with E-state index in [4.69, 9.17) is 0 Å². The molecule has 7 nitrogen and oxygen atoms in total. The van der Waals surface area contributed by atoms with E-state index in [1.54, 1.807) is 21.5 Å². The Bertz CT molecular complexity index is 1260. The highest BCUT2D eigenvalue weighted by atomic mass is 32.2. The number of nitrogens with zero attached hydrogens (tertiary/aromatic N) is 3. The van der Waals surface area contributed by atoms with E-state index in [0.29, 0.717) is 42.2 Å². The van der Waals surface area contributed by atoms with Gasteiger partial charge >= 0.3 is 11.4 Å². The zero-order chi connectivity index (χ0) is 18.8. The lowest BCUT2D eigenvalue weighted by Crippen LogP contribution is -2.52. The number of sulfone groups is 1. The van der Waals surface area contributed by atoms with Gasteiger partial charge in [0.2, 0.25) is 0 Å². The number of hydrogen-bond donors (Lipinski definition) is 0. The predicted octanol–water partition coefficient (Wildman–Crippen LogP) is 0.597. The molecule has 0 radical (unpaired) electrons. The molecule has 1 saturated heterocycles. The van der Waals surface area contributed by atoms with Crippen molar-refractivity contribution in [2.24, 2.45) is 34.5 Å². The maximum Gasteiger partial charge on any atom is 0.352 e. The lowest BCUT2D eigenvalue weighted by atomic mass is 9.69. The third kappa shape index (κ3) is 1.14. The van der Waals surface area contributed by atoms with Crippen LogP contribution >= 0.6 is 0 Å².